The molecule has 0 fully saturated rings. The van der Waals surface area contributed by atoms with Gasteiger partial charge in [0, 0.05) is 5.56 Å². The number of carbonyl (C=O) groups excluding carboxylic acids is 1. The van der Waals surface area contributed by atoms with E-state index in [1.807, 2.05) is 18.2 Å². The average Bonchev–Trinajstić information content (AvgIpc) is 2.26. The smallest absolute Gasteiger partial charge is 0.347 e. The van der Waals surface area contributed by atoms with E-state index in [0.717, 1.165) is 5.56 Å². The van der Waals surface area contributed by atoms with Crippen LogP contribution in [0.5, 0.6) is 0 Å². The van der Waals surface area contributed by atoms with Crippen molar-refractivity contribution in [1.82, 2.24) is 0 Å². The molecule has 0 aliphatic heterocycles. The normalized spacial score (nSPS) is 11.5. The fourth-order valence-electron chi connectivity index (χ4n) is 1.03. The first kappa shape index (κ1) is 12.3. The van der Waals surface area contributed by atoms with Crippen LogP contribution in [0.15, 0.2) is 30.3 Å². The van der Waals surface area contributed by atoms with Crippen molar-refractivity contribution in [3.8, 4) is 11.8 Å². The van der Waals surface area contributed by atoms with Gasteiger partial charge in [-0.2, -0.15) is 0 Å². The molecular formula is C13H14O3. The minimum Gasteiger partial charge on any atom is -0.460 e. The second-order valence-corrected chi connectivity index (χ2v) is 3.52. The van der Waals surface area contributed by atoms with E-state index in [1.54, 1.807) is 26.0 Å². The Balaban J connectivity index is 2.61. The van der Waals surface area contributed by atoms with Gasteiger partial charge in [-0.05, 0) is 26.0 Å². The largest absolute Gasteiger partial charge is 0.460 e. The minimum atomic E-state index is -1.39. The Morgan fingerprint density at radius 1 is 1.31 bits per heavy atom. The zero-order valence-electron chi connectivity index (χ0n) is 9.31. The molecule has 0 spiro atoms. The van der Waals surface area contributed by atoms with E-state index in [2.05, 4.69) is 11.8 Å². The Morgan fingerprint density at radius 3 is 2.50 bits per heavy atom. The topological polar surface area (TPSA) is 46.5 Å². The predicted octanol–water partition coefficient (Wildman–Crippen LogP) is 1.35. The van der Waals surface area contributed by atoms with E-state index >= 15 is 0 Å². The molecule has 0 unspecified atom stereocenters. The summed E-state index contributed by atoms with van der Waals surface area (Å²) in [5, 5.41) is 9.38. The average molecular weight is 218 g/mol. The highest BCUT2D eigenvalue weighted by atomic mass is 16.6. The third kappa shape index (κ3) is 4.16. The minimum absolute atomic E-state index is 0.249. The summed E-state index contributed by atoms with van der Waals surface area (Å²) in [6.07, 6.45) is -1.64. The van der Waals surface area contributed by atoms with Gasteiger partial charge in [0.2, 0.25) is 6.10 Å². The number of aliphatic hydroxyl groups is 1. The van der Waals surface area contributed by atoms with Gasteiger partial charge in [0.25, 0.3) is 0 Å². The molecule has 84 valence electrons. The Morgan fingerprint density at radius 2 is 1.94 bits per heavy atom. The summed E-state index contributed by atoms with van der Waals surface area (Å²) in [4.78, 5) is 11.2. The van der Waals surface area contributed by atoms with E-state index < -0.39 is 12.1 Å². The number of esters is 1. The van der Waals surface area contributed by atoms with Crippen LogP contribution in [0.1, 0.15) is 19.4 Å². The second-order valence-electron chi connectivity index (χ2n) is 3.52. The molecular weight excluding hydrogens is 204 g/mol. The quantitative estimate of drug-likeness (QED) is 0.602. The molecule has 16 heavy (non-hydrogen) atoms. The van der Waals surface area contributed by atoms with Crippen LogP contribution in [0.2, 0.25) is 0 Å². The van der Waals surface area contributed by atoms with E-state index in [-0.39, 0.29) is 6.10 Å². The molecule has 0 saturated carbocycles. The highest BCUT2D eigenvalue weighted by molar-refractivity contribution is 5.78. The maximum Gasteiger partial charge on any atom is 0.347 e. The second kappa shape index (κ2) is 5.94. The third-order valence-electron chi connectivity index (χ3n) is 1.70. The number of benzene rings is 1. The van der Waals surface area contributed by atoms with Crippen molar-refractivity contribution in [1.29, 1.82) is 0 Å². The van der Waals surface area contributed by atoms with Crippen LogP contribution in [0, 0.1) is 11.8 Å². The van der Waals surface area contributed by atoms with Gasteiger partial charge in [-0.1, -0.05) is 30.0 Å². The zero-order valence-corrected chi connectivity index (χ0v) is 9.31. The molecule has 1 aromatic rings. The first-order valence-electron chi connectivity index (χ1n) is 5.04. The van der Waals surface area contributed by atoms with Crippen LogP contribution < -0.4 is 0 Å². The number of carbonyl (C=O) groups is 1. The maximum absolute atomic E-state index is 11.2. The lowest BCUT2D eigenvalue weighted by Gasteiger charge is -2.08. The van der Waals surface area contributed by atoms with Crippen molar-refractivity contribution < 1.29 is 14.6 Å². The fraction of sp³-hybridized carbons (Fsp3) is 0.308. The Labute approximate surface area is 95.1 Å². The summed E-state index contributed by atoms with van der Waals surface area (Å²) in [7, 11) is 0. The van der Waals surface area contributed by atoms with E-state index in [4.69, 9.17) is 4.74 Å². The molecule has 0 aromatic heterocycles. The van der Waals surface area contributed by atoms with Gasteiger partial charge in [0.15, 0.2) is 0 Å². The van der Waals surface area contributed by atoms with E-state index in [9.17, 15) is 9.90 Å². The van der Waals surface area contributed by atoms with Crippen LogP contribution in [0.3, 0.4) is 0 Å². The molecule has 1 N–H and O–H groups in total. The molecule has 1 atom stereocenters. The Hall–Kier alpha value is -1.79. The lowest BCUT2D eigenvalue weighted by molar-refractivity contribution is -0.154. The first-order valence-corrected chi connectivity index (χ1v) is 5.04. The van der Waals surface area contributed by atoms with Crippen LogP contribution in [-0.2, 0) is 9.53 Å². The SMILES string of the molecule is CC(C)OC(=O)[C@@H](O)C#Cc1ccccc1. The van der Waals surface area contributed by atoms with Crippen molar-refractivity contribution in [3.63, 3.8) is 0 Å². The molecule has 0 aliphatic rings. The highest BCUT2D eigenvalue weighted by Crippen LogP contribution is 1.97. The molecule has 0 aliphatic carbocycles. The summed E-state index contributed by atoms with van der Waals surface area (Å²) in [6, 6.07) is 9.14. The molecule has 0 bridgehead atoms. The summed E-state index contributed by atoms with van der Waals surface area (Å²) in [5.41, 5.74) is 0.749. The van der Waals surface area contributed by atoms with E-state index in [1.165, 1.54) is 0 Å². The predicted molar refractivity (Wildman–Crippen MR) is 60.6 cm³/mol. The van der Waals surface area contributed by atoms with Gasteiger partial charge < -0.3 is 9.84 Å². The number of ether oxygens (including phenoxy) is 1. The number of aliphatic hydroxyl groups excluding tert-OH is 1. The molecule has 0 radical (unpaired) electrons. The summed E-state index contributed by atoms with van der Waals surface area (Å²) in [5.74, 6) is 4.42. The summed E-state index contributed by atoms with van der Waals surface area (Å²) >= 11 is 0. The van der Waals surface area contributed by atoms with Crippen LogP contribution >= 0.6 is 0 Å². The lowest BCUT2D eigenvalue weighted by atomic mass is 10.2. The maximum atomic E-state index is 11.2. The van der Waals surface area contributed by atoms with Crippen molar-refractivity contribution in [3.05, 3.63) is 35.9 Å². The first-order chi connectivity index (χ1) is 7.59. The number of hydrogen-bond acceptors (Lipinski definition) is 3. The van der Waals surface area contributed by atoms with Gasteiger partial charge in [-0.3, -0.25) is 0 Å². The van der Waals surface area contributed by atoms with Crippen molar-refractivity contribution in [2.75, 3.05) is 0 Å². The molecule has 3 heteroatoms. The lowest BCUT2D eigenvalue weighted by Crippen LogP contribution is -2.24. The number of hydrogen-bond donors (Lipinski definition) is 1. The monoisotopic (exact) mass is 218 g/mol. The zero-order chi connectivity index (χ0) is 12.0. The van der Waals surface area contributed by atoms with Crippen LogP contribution in [0.25, 0.3) is 0 Å². The van der Waals surface area contributed by atoms with Gasteiger partial charge in [-0.15, -0.1) is 0 Å². The van der Waals surface area contributed by atoms with Crippen LogP contribution in [0.4, 0.5) is 0 Å². The highest BCUT2D eigenvalue weighted by Gasteiger charge is 2.14. The molecule has 1 rings (SSSR count). The van der Waals surface area contributed by atoms with E-state index in [0.29, 0.717) is 0 Å². The molecule has 0 amide bonds. The van der Waals surface area contributed by atoms with Crippen molar-refractivity contribution >= 4 is 5.97 Å². The summed E-state index contributed by atoms with van der Waals surface area (Å²) < 4.78 is 4.81. The molecule has 0 saturated heterocycles. The van der Waals surface area contributed by atoms with Gasteiger partial charge in [-0.25, -0.2) is 4.79 Å². The molecule has 3 nitrogen and oxygen atoms in total. The van der Waals surface area contributed by atoms with Gasteiger partial charge in [0.05, 0.1) is 6.10 Å². The van der Waals surface area contributed by atoms with Crippen molar-refractivity contribution in [2.45, 2.75) is 26.1 Å². The Bertz CT molecular complexity index is 398. The fourth-order valence-corrected chi connectivity index (χ4v) is 1.03. The molecule has 0 heterocycles. The van der Waals surface area contributed by atoms with Crippen LogP contribution in [-0.4, -0.2) is 23.3 Å². The molecule has 1 aromatic carbocycles. The van der Waals surface area contributed by atoms with Crippen molar-refractivity contribution in [2.24, 2.45) is 0 Å². The summed E-state index contributed by atoms with van der Waals surface area (Å²) in [6.45, 7) is 3.44. The Kier molecular flexibility index (Phi) is 4.56. The standard InChI is InChI=1S/C13H14O3/c1-10(2)16-13(15)12(14)9-8-11-6-4-3-5-7-11/h3-7,10,12,14H,1-2H3/t12-/m0/s1. The van der Waals surface area contributed by atoms with Gasteiger partial charge >= 0.3 is 5.97 Å². The number of rotatable bonds is 2. The van der Waals surface area contributed by atoms with Gasteiger partial charge in [0.1, 0.15) is 0 Å². The third-order valence-corrected chi connectivity index (χ3v) is 1.70.